The molecule has 0 bridgehead atoms. The van der Waals surface area contributed by atoms with Crippen LogP contribution < -0.4 is 11.1 Å². The van der Waals surface area contributed by atoms with E-state index in [1.807, 2.05) is 6.92 Å². The molecule has 0 radical (unpaired) electrons. The highest BCUT2D eigenvalue weighted by molar-refractivity contribution is 6.01. The summed E-state index contributed by atoms with van der Waals surface area (Å²) in [4.78, 5) is 35.6. The topological polar surface area (TPSA) is 92.5 Å². The fourth-order valence-corrected chi connectivity index (χ4v) is 1.77. The number of likely N-dealkylation sites (N-methyl/N-ethyl adjacent to an activating group) is 1. The van der Waals surface area contributed by atoms with Crippen LogP contribution in [0.3, 0.4) is 0 Å². The van der Waals surface area contributed by atoms with Crippen LogP contribution >= 0.6 is 0 Å². The maximum Gasteiger partial charge on any atom is 0.251 e. The maximum atomic E-state index is 11.7. The Morgan fingerprint density at radius 3 is 2.82 bits per heavy atom. The van der Waals surface area contributed by atoms with Gasteiger partial charge in [-0.05, 0) is 12.8 Å². The highest BCUT2D eigenvalue weighted by Gasteiger charge is 2.33. The number of rotatable bonds is 4. The molecule has 1 rings (SSSR count). The average molecular weight is 241 g/mol. The minimum atomic E-state index is -0.617. The molecule has 3 amide bonds. The van der Waals surface area contributed by atoms with Gasteiger partial charge in [-0.25, -0.2) is 0 Å². The lowest BCUT2D eigenvalue weighted by molar-refractivity contribution is -0.149. The molecule has 6 nitrogen and oxygen atoms in total. The van der Waals surface area contributed by atoms with Crippen LogP contribution in [0.15, 0.2) is 0 Å². The molecule has 1 saturated heterocycles. The largest absolute Gasteiger partial charge is 0.343 e. The highest BCUT2D eigenvalue weighted by atomic mass is 16.2. The Morgan fingerprint density at radius 2 is 2.24 bits per heavy atom. The number of carbonyl (C=O) groups excluding carboxylic acids is 3. The number of hydrogen-bond acceptors (Lipinski definition) is 4. The van der Waals surface area contributed by atoms with Crippen molar-refractivity contribution in [2.24, 2.45) is 5.73 Å². The van der Waals surface area contributed by atoms with Gasteiger partial charge in [0.15, 0.2) is 0 Å². The fourth-order valence-electron chi connectivity index (χ4n) is 1.77. The first-order chi connectivity index (χ1) is 7.97. The Labute approximate surface area is 101 Å². The number of piperidine rings is 1. The molecular formula is C11H19N3O3. The zero-order chi connectivity index (χ0) is 13.0. The molecule has 6 heteroatoms. The third-order valence-corrected chi connectivity index (χ3v) is 2.90. The van der Waals surface area contributed by atoms with E-state index < -0.39 is 12.1 Å². The van der Waals surface area contributed by atoms with E-state index in [0.29, 0.717) is 12.8 Å². The second-order valence-corrected chi connectivity index (χ2v) is 4.29. The summed E-state index contributed by atoms with van der Waals surface area (Å²) in [5, 5.41) is 2.60. The Hall–Kier alpha value is -1.43. The molecule has 0 saturated carbocycles. The molecule has 1 unspecified atom stereocenters. The van der Waals surface area contributed by atoms with Gasteiger partial charge in [0.2, 0.25) is 11.8 Å². The number of imide groups is 1. The lowest BCUT2D eigenvalue weighted by Crippen LogP contribution is -2.55. The van der Waals surface area contributed by atoms with E-state index in [1.165, 1.54) is 7.05 Å². The number of hydrogen-bond donors (Lipinski definition) is 2. The lowest BCUT2D eigenvalue weighted by Gasteiger charge is -2.28. The van der Waals surface area contributed by atoms with Crippen LogP contribution in [0, 0.1) is 0 Å². The van der Waals surface area contributed by atoms with Crippen LogP contribution in [0.4, 0.5) is 0 Å². The van der Waals surface area contributed by atoms with E-state index in [2.05, 4.69) is 5.32 Å². The minimum absolute atomic E-state index is 0.210. The van der Waals surface area contributed by atoms with Crippen LogP contribution in [0.25, 0.3) is 0 Å². The van der Waals surface area contributed by atoms with Crippen LogP contribution in [0.5, 0.6) is 0 Å². The van der Waals surface area contributed by atoms with E-state index in [1.54, 1.807) is 0 Å². The second-order valence-electron chi connectivity index (χ2n) is 4.29. The number of carbonyl (C=O) groups is 3. The van der Waals surface area contributed by atoms with Crippen molar-refractivity contribution in [2.45, 2.75) is 44.7 Å². The van der Waals surface area contributed by atoms with E-state index in [0.717, 1.165) is 11.3 Å². The van der Waals surface area contributed by atoms with Crippen molar-refractivity contribution in [3.63, 3.8) is 0 Å². The zero-order valence-electron chi connectivity index (χ0n) is 10.2. The molecule has 2 atom stereocenters. The monoisotopic (exact) mass is 241 g/mol. The lowest BCUT2D eigenvalue weighted by atomic mass is 10.0. The Bertz CT molecular complexity index is 330. The quantitative estimate of drug-likeness (QED) is 0.641. The third-order valence-electron chi connectivity index (χ3n) is 2.90. The van der Waals surface area contributed by atoms with E-state index >= 15 is 0 Å². The fraction of sp³-hybridized carbons (Fsp3) is 0.727. The summed E-state index contributed by atoms with van der Waals surface area (Å²) >= 11 is 0. The zero-order valence-corrected chi connectivity index (χ0v) is 10.2. The van der Waals surface area contributed by atoms with Crippen molar-refractivity contribution in [3.05, 3.63) is 0 Å². The van der Waals surface area contributed by atoms with Crippen molar-refractivity contribution in [1.29, 1.82) is 0 Å². The van der Waals surface area contributed by atoms with Gasteiger partial charge in [-0.2, -0.15) is 0 Å². The van der Waals surface area contributed by atoms with Gasteiger partial charge < -0.3 is 11.1 Å². The smallest absolute Gasteiger partial charge is 0.251 e. The van der Waals surface area contributed by atoms with Gasteiger partial charge in [-0.1, -0.05) is 13.3 Å². The van der Waals surface area contributed by atoms with E-state index in [-0.39, 0.29) is 24.1 Å². The van der Waals surface area contributed by atoms with Gasteiger partial charge in [0, 0.05) is 13.5 Å². The van der Waals surface area contributed by atoms with Gasteiger partial charge >= 0.3 is 0 Å². The molecule has 1 aliphatic rings. The first-order valence-corrected chi connectivity index (χ1v) is 5.83. The molecule has 3 N–H and O–H groups in total. The standard InChI is InChI=1S/C11H19N3O3/c1-3-4-7(12)10(16)13-8-5-6-9(15)14(2)11(8)17/h7-8H,3-6,12H2,1-2H3,(H,13,16)/t7-,8?/m1/s1. The molecule has 1 heterocycles. The van der Waals surface area contributed by atoms with E-state index in [9.17, 15) is 14.4 Å². The predicted octanol–water partition coefficient (Wildman–Crippen LogP) is -0.623. The summed E-state index contributed by atoms with van der Waals surface area (Å²) < 4.78 is 0. The molecule has 96 valence electrons. The van der Waals surface area contributed by atoms with Crippen molar-refractivity contribution in [2.75, 3.05) is 7.05 Å². The van der Waals surface area contributed by atoms with Crippen LogP contribution in [0.2, 0.25) is 0 Å². The molecule has 0 aliphatic carbocycles. The summed E-state index contributed by atoms with van der Waals surface area (Å²) in [7, 11) is 1.43. The van der Waals surface area contributed by atoms with Crippen LogP contribution in [0.1, 0.15) is 32.6 Å². The summed E-state index contributed by atoms with van der Waals surface area (Å²) in [6.07, 6.45) is 2.02. The number of nitrogens with zero attached hydrogens (tertiary/aromatic N) is 1. The van der Waals surface area contributed by atoms with Gasteiger partial charge in [0.25, 0.3) is 5.91 Å². The van der Waals surface area contributed by atoms with Crippen LogP contribution in [-0.4, -0.2) is 41.8 Å². The second kappa shape index (κ2) is 5.77. The van der Waals surface area contributed by atoms with Crippen molar-refractivity contribution < 1.29 is 14.4 Å². The van der Waals surface area contributed by atoms with Gasteiger partial charge in [-0.3, -0.25) is 19.3 Å². The number of nitrogens with two attached hydrogens (primary N) is 1. The SMILES string of the molecule is CCC[C@@H](N)C(=O)NC1CCC(=O)N(C)C1=O. The van der Waals surface area contributed by atoms with Gasteiger partial charge in [0.1, 0.15) is 6.04 Å². The summed E-state index contributed by atoms with van der Waals surface area (Å²) in [5.41, 5.74) is 5.65. The van der Waals surface area contributed by atoms with Crippen LogP contribution in [-0.2, 0) is 14.4 Å². The van der Waals surface area contributed by atoms with E-state index in [4.69, 9.17) is 5.73 Å². The molecule has 0 aromatic carbocycles. The molecule has 17 heavy (non-hydrogen) atoms. The number of likely N-dealkylation sites (tertiary alicyclic amines) is 1. The summed E-state index contributed by atoms with van der Waals surface area (Å²) in [6.45, 7) is 1.94. The van der Waals surface area contributed by atoms with Crippen molar-refractivity contribution in [1.82, 2.24) is 10.2 Å². The maximum absolute atomic E-state index is 11.7. The molecule has 0 aromatic rings. The molecule has 0 aromatic heterocycles. The summed E-state index contributed by atoms with van der Waals surface area (Å²) in [5.74, 6) is -0.899. The number of nitrogens with one attached hydrogen (secondary N) is 1. The van der Waals surface area contributed by atoms with Crippen molar-refractivity contribution >= 4 is 17.7 Å². The Morgan fingerprint density at radius 1 is 1.59 bits per heavy atom. The molecular weight excluding hydrogens is 222 g/mol. The first kappa shape index (κ1) is 13.6. The van der Waals surface area contributed by atoms with Gasteiger partial charge in [-0.15, -0.1) is 0 Å². The average Bonchev–Trinajstić information content (AvgIpc) is 2.30. The normalized spacial score (nSPS) is 22.5. The van der Waals surface area contributed by atoms with Gasteiger partial charge in [0.05, 0.1) is 6.04 Å². The third kappa shape index (κ3) is 3.26. The minimum Gasteiger partial charge on any atom is -0.343 e. The molecule has 1 fully saturated rings. The highest BCUT2D eigenvalue weighted by Crippen LogP contribution is 2.11. The molecule has 1 aliphatic heterocycles. The number of amides is 3. The summed E-state index contributed by atoms with van der Waals surface area (Å²) in [6, 6.07) is -1.20. The van der Waals surface area contributed by atoms with Crippen molar-refractivity contribution in [3.8, 4) is 0 Å². The first-order valence-electron chi connectivity index (χ1n) is 5.83. The Balaban J connectivity index is 2.54. The Kier molecular flexibility index (Phi) is 4.62. The molecule has 0 spiro atoms. The predicted molar refractivity (Wildman–Crippen MR) is 61.8 cm³/mol.